The fourth-order valence-electron chi connectivity index (χ4n) is 3.77. The number of hydrogen-bond donors (Lipinski definition) is 1. The lowest BCUT2D eigenvalue weighted by Gasteiger charge is -2.08. The smallest absolute Gasteiger partial charge is 0.221 e. The highest BCUT2D eigenvalue weighted by Crippen LogP contribution is 2.22. The van der Waals surface area contributed by atoms with Gasteiger partial charge in [0.2, 0.25) is 5.91 Å². The van der Waals surface area contributed by atoms with E-state index in [9.17, 15) is 4.79 Å². The summed E-state index contributed by atoms with van der Waals surface area (Å²) in [7, 11) is 3.72. The Bertz CT molecular complexity index is 1120. The van der Waals surface area contributed by atoms with Crippen molar-refractivity contribution in [2.24, 2.45) is 7.05 Å². The van der Waals surface area contributed by atoms with Crippen molar-refractivity contribution in [3.63, 3.8) is 0 Å². The lowest BCUT2D eigenvalue weighted by atomic mass is 10.1. The van der Waals surface area contributed by atoms with Crippen molar-refractivity contribution in [2.45, 2.75) is 19.4 Å². The Balaban J connectivity index is 1.31. The second-order valence-electron chi connectivity index (χ2n) is 7.07. The summed E-state index contributed by atoms with van der Waals surface area (Å²) in [6, 6.07) is 16.4. The van der Waals surface area contributed by atoms with Gasteiger partial charge >= 0.3 is 0 Å². The summed E-state index contributed by atoms with van der Waals surface area (Å²) in [4.78, 5) is 12.3. The molecule has 0 saturated carbocycles. The molecule has 5 heteroatoms. The molecule has 4 aromatic rings. The standard InChI is InChI=1S/C23H25N3O2/c1-25-16-18(20-5-3-4-6-22(20)25)9-12-24-23(27)11-14-26-13-10-17-15-19(28-2)7-8-21(17)26/h3-8,10,13,15-16H,9,11-12,14H2,1-2H3,(H,24,27). The van der Waals surface area contributed by atoms with Crippen LogP contribution in [-0.2, 0) is 24.8 Å². The summed E-state index contributed by atoms with van der Waals surface area (Å²) in [6.07, 6.45) is 5.47. The average molecular weight is 375 g/mol. The maximum atomic E-state index is 12.3. The molecule has 0 fully saturated rings. The zero-order chi connectivity index (χ0) is 19.5. The molecule has 0 unspecified atom stereocenters. The van der Waals surface area contributed by atoms with Crippen LogP contribution in [-0.4, -0.2) is 28.7 Å². The van der Waals surface area contributed by atoms with Crippen molar-refractivity contribution >= 4 is 27.7 Å². The zero-order valence-corrected chi connectivity index (χ0v) is 16.3. The van der Waals surface area contributed by atoms with Gasteiger partial charge in [0, 0.05) is 60.8 Å². The first-order valence-electron chi connectivity index (χ1n) is 9.58. The largest absolute Gasteiger partial charge is 0.497 e. The number of aromatic nitrogens is 2. The van der Waals surface area contributed by atoms with Crippen LogP contribution in [0.25, 0.3) is 21.8 Å². The Kier molecular flexibility index (Phi) is 5.06. The molecule has 144 valence electrons. The van der Waals surface area contributed by atoms with Crippen LogP contribution in [0.1, 0.15) is 12.0 Å². The number of hydrogen-bond acceptors (Lipinski definition) is 2. The van der Waals surface area contributed by atoms with Crippen molar-refractivity contribution < 1.29 is 9.53 Å². The third-order valence-corrected chi connectivity index (χ3v) is 5.25. The normalized spacial score (nSPS) is 11.2. The van der Waals surface area contributed by atoms with Gasteiger partial charge in [0.05, 0.1) is 7.11 Å². The van der Waals surface area contributed by atoms with E-state index in [-0.39, 0.29) is 5.91 Å². The number of rotatable bonds is 7. The topological polar surface area (TPSA) is 48.2 Å². The predicted octanol–water partition coefficient (Wildman–Crippen LogP) is 3.89. The summed E-state index contributed by atoms with van der Waals surface area (Å²) >= 11 is 0. The number of benzene rings is 2. The number of methoxy groups -OCH3 is 1. The number of nitrogens with one attached hydrogen (secondary N) is 1. The predicted molar refractivity (Wildman–Crippen MR) is 113 cm³/mol. The van der Waals surface area contributed by atoms with Crippen LogP contribution < -0.4 is 10.1 Å². The second kappa shape index (κ2) is 7.80. The van der Waals surface area contributed by atoms with Crippen LogP contribution in [0.15, 0.2) is 60.9 Å². The molecule has 0 aliphatic carbocycles. The van der Waals surface area contributed by atoms with Crippen molar-refractivity contribution in [2.75, 3.05) is 13.7 Å². The Morgan fingerprint density at radius 1 is 1.11 bits per heavy atom. The Morgan fingerprint density at radius 3 is 2.82 bits per heavy atom. The molecule has 0 aliphatic rings. The first-order chi connectivity index (χ1) is 13.7. The van der Waals surface area contributed by atoms with Gasteiger partial charge in [-0.15, -0.1) is 0 Å². The minimum atomic E-state index is 0.0793. The van der Waals surface area contributed by atoms with Gasteiger partial charge in [-0.25, -0.2) is 0 Å². The molecule has 0 atom stereocenters. The molecule has 2 aromatic carbocycles. The Hall–Kier alpha value is -3.21. The van der Waals surface area contributed by atoms with Gasteiger partial charge in [0.1, 0.15) is 5.75 Å². The van der Waals surface area contributed by atoms with E-state index in [1.807, 2.05) is 24.4 Å². The van der Waals surface area contributed by atoms with Crippen LogP contribution in [0.3, 0.4) is 0 Å². The monoisotopic (exact) mass is 375 g/mol. The fourth-order valence-corrected chi connectivity index (χ4v) is 3.77. The maximum Gasteiger partial charge on any atom is 0.221 e. The Morgan fingerprint density at radius 2 is 1.96 bits per heavy atom. The molecule has 2 heterocycles. The van der Waals surface area contributed by atoms with E-state index in [0.717, 1.165) is 23.1 Å². The molecule has 1 N–H and O–H groups in total. The number of ether oxygens (including phenoxy) is 1. The summed E-state index contributed by atoms with van der Waals surface area (Å²) in [6.45, 7) is 1.31. The lowest BCUT2D eigenvalue weighted by Crippen LogP contribution is -2.26. The number of fused-ring (bicyclic) bond motifs is 2. The summed E-state index contributed by atoms with van der Waals surface area (Å²) in [5.41, 5.74) is 3.60. The van der Waals surface area contributed by atoms with Gasteiger partial charge in [0.15, 0.2) is 0 Å². The van der Waals surface area contributed by atoms with Gasteiger partial charge < -0.3 is 19.2 Å². The molecule has 0 spiro atoms. The number of para-hydroxylation sites is 1. The molecule has 5 nitrogen and oxygen atoms in total. The molecular formula is C23H25N3O2. The van der Waals surface area contributed by atoms with Crippen molar-refractivity contribution in [1.29, 1.82) is 0 Å². The van der Waals surface area contributed by atoms with E-state index < -0.39 is 0 Å². The highest BCUT2D eigenvalue weighted by molar-refractivity contribution is 5.84. The number of amides is 1. The first kappa shape index (κ1) is 18.2. The number of carbonyl (C=O) groups excluding carboxylic acids is 1. The van der Waals surface area contributed by atoms with Crippen LogP contribution in [0, 0.1) is 0 Å². The third-order valence-electron chi connectivity index (χ3n) is 5.25. The van der Waals surface area contributed by atoms with Crippen molar-refractivity contribution in [3.8, 4) is 5.75 Å². The SMILES string of the molecule is COc1ccc2c(ccn2CCC(=O)NCCc2cn(C)c3ccccc23)c1. The minimum absolute atomic E-state index is 0.0793. The van der Waals surface area contributed by atoms with Crippen LogP contribution in [0.2, 0.25) is 0 Å². The van der Waals surface area contributed by atoms with E-state index in [4.69, 9.17) is 4.74 Å². The van der Waals surface area contributed by atoms with E-state index in [1.165, 1.54) is 16.5 Å². The molecule has 0 saturated heterocycles. The number of carbonyl (C=O) groups is 1. The highest BCUT2D eigenvalue weighted by Gasteiger charge is 2.08. The number of nitrogens with zero attached hydrogens (tertiary/aromatic N) is 2. The fraction of sp³-hybridized carbons (Fsp3) is 0.261. The van der Waals surface area contributed by atoms with E-state index >= 15 is 0 Å². The van der Waals surface area contributed by atoms with Crippen LogP contribution >= 0.6 is 0 Å². The minimum Gasteiger partial charge on any atom is -0.497 e. The van der Waals surface area contributed by atoms with E-state index in [1.54, 1.807) is 7.11 Å². The molecule has 0 radical (unpaired) electrons. The molecule has 1 amide bonds. The molecule has 0 bridgehead atoms. The van der Waals surface area contributed by atoms with E-state index in [2.05, 4.69) is 58.0 Å². The zero-order valence-electron chi connectivity index (χ0n) is 16.3. The highest BCUT2D eigenvalue weighted by atomic mass is 16.5. The van der Waals surface area contributed by atoms with Crippen LogP contribution in [0.5, 0.6) is 5.75 Å². The van der Waals surface area contributed by atoms with Gasteiger partial charge in [-0.1, -0.05) is 18.2 Å². The molecule has 0 aliphatic heterocycles. The van der Waals surface area contributed by atoms with Crippen molar-refractivity contribution in [3.05, 3.63) is 66.5 Å². The Labute approximate surface area is 164 Å². The summed E-state index contributed by atoms with van der Waals surface area (Å²) in [5.74, 6) is 0.923. The first-order valence-corrected chi connectivity index (χ1v) is 9.58. The molecule has 2 aromatic heterocycles. The van der Waals surface area contributed by atoms with Gasteiger partial charge in [-0.05, 0) is 42.3 Å². The van der Waals surface area contributed by atoms with Crippen molar-refractivity contribution in [1.82, 2.24) is 14.5 Å². The molecule has 28 heavy (non-hydrogen) atoms. The molecular weight excluding hydrogens is 350 g/mol. The lowest BCUT2D eigenvalue weighted by molar-refractivity contribution is -0.121. The average Bonchev–Trinajstić information content (AvgIpc) is 3.27. The van der Waals surface area contributed by atoms with Gasteiger partial charge in [0.25, 0.3) is 0 Å². The summed E-state index contributed by atoms with van der Waals surface area (Å²) in [5, 5.41) is 5.43. The maximum absolute atomic E-state index is 12.3. The van der Waals surface area contributed by atoms with Gasteiger partial charge in [-0.3, -0.25) is 4.79 Å². The van der Waals surface area contributed by atoms with E-state index in [0.29, 0.717) is 19.5 Å². The number of aryl methyl sites for hydroxylation is 2. The molecule has 4 rings (SSSR count). The van der Waals surface area contributed by atoms with Gasteiger partial charge in [-0.2, -0.15) is 0 Å². The summed E-state index contributed by atoms with van der Waals surface area (Å²) < 4.78 is 9.51. The third kappa shape index (κ3) is 3.60. The van der Waals surface area contributed by atoms with Crippen LogP contribution in [0.4, 0.5) is 0 Å². The quantitative estimate of drug-likeness (QED) is 0.533. The second-order valence-corrected chi connectivity index (χ2v) is 7.07.